The van der Waals surface area contributed by atoms with Gasteiger partial charge in [0.05, 0.1) is 18.3 Å². The number of piperidine rings is 1. The number of benzene rings is 1. The van der Waals surface area contributed by atoms with E-state index in [2.05, 4.69) is 0 Å². The summed E-state index contributed by atoms with van der Waals surface area (Å²) in [5.74, 6) is 0.705. The number of carbonyl (C=O) groups excluding carboxylic acids is 1. The van der Waals surface area contributed by atoms with Gasteiger partial charge in [0.2, 0.25) is 0 Å². The van der Waals surface area contributed by atoms with Crippen molar-refractivity contribution < 1.29 is 14.6 Å². The molecule has 1 spiro atoms. The van der Waals surface area contributed by atoms with Crippen molar-refractivity contribution in [2.24, 2.45) is 5.41 Å². The van der Waals surface area contributed by atoms with Gasteiger partial charge in [0.25, 0.3) is 5.91 Å². The summed E-state index contributed by atoms with van der Waals surface area (Å²) in [6.07, 6.45) is 3.69. The SMILES string of the molecule is CCOc1ccccc1C(=O)N1CCC2(CCC2O)CC1. The number of nitrogens with zero attached hydrogens (tertiary/aromatic N) is 1. The highest BCUT2D eigenvalue weighted by Crippen LogP contribution is 2.49. The quantitative estimate of drug-likeness (QED) is 0.930. The van der Waals surface area contributed by atoms with Crippen LogP contribution in [0.2, 0.25) is 0 Å². The number of rotatable bonds is 3. The van der Waals surface area contributed by atoms with E-state index in [0.717, 1.165) is 38.8 Å². The standard InChI is InChI=1S/C17H23NO3/c1-2-21-14-6-4-3-5-13(14)16(20)18-11-9-17(10-12-18)8-7-15(17)19/h3-6,15,19H,2,7-12H2,1H3. The predicted molar refractivity (Wildman–Crippen MR) is 80.4 cm³/mol. The van der Waals surface area contributed by atoms with E-state index in [1.54, 1.807) is 0 Å². The Kier molecular flexibility index (Phi) is 3.89. The zero-order chi connectivity index (χ0) is 14.9. The van der Waals surface area contributed by atoms with E-state index < -0.39 is 0 Å². The number of carbonyl (C=O) groups is 1. The van der Waals surface area contributed by atoms with Gasteiger partial charge in [-0.3, -0.25) is 4.79 Å². The van der Waals surface area contributed by atoms with Gasteiger partial charge in [0.15, 0.2) is 0 Å². The highest BCUT2D eigenvalue weighted by atomic mass is 16.5. The van der Waals surface area contributed by atoms with Crippen molar-refractivity contribution in [2.75, 3.05) is 19.7 Å². The second kappa shape index (κ2) is 5.68. The van der Waals surface area contributed by atoms with Gasteiger partial charge in [-0.25, -0.2) is 0 Å². The Morgan fingerprint density at radius 2 is 2.05 bits per heavy atom. The second-order valence-electron chi connectivity index (χ2n) is 6.14. The van der Waals surface area contributed by atoms with Gasteiger partial charge >= 0.3 is 0 Å². The molecule has 1 heterocycles. The lowest BCUT2D eigenvalue weighted by molar-refractivity contribution is -0.0952. The Labute approximate surface area is 125 Å². The molecule has 1 aliphatic carbocycles. The molecule has 1 amide bonds. The fraction of sp³-hybridized carbons (Fsp3) is 0.588. The summed E-state index contributed by atoms with van der Waals surface area (Å²) in [4.78, 5) is 14.6. The normalized spacial score (nSPS) is 23.7. The molecule has 1 atom stereocenters. The van der Waals surface area contributed by atoms with Gasteiger partial charge in [-0.05, 0) is 50.2 Å². The number of hydrogen-bond acceptors (Lipinski definition) is 3. The van der Waals surface area contributed by atoms with Crippen LogP contribution in [0.25, 0.3) is 0 Å². The maximum Gasteiger partial charge on any atom is 0.257 e. The lowest BCUT2D eigenvalue weighted by atomic mass is 9.61. The molecule has 1 aromatic carbocycles. The zero-order valence-corrected chi connectivity index (χ0v) is 12.5. The van der Waals surface area contributed by atoms with Gasteiger partial charge in [0.1, 0.15) is 5.75 Å². The van der Waals surface area contributed by atoms with E-state index in [-0.39, 0.29) is 17.4 Å². The minimum absolute atomic E-state index is 0.0442. The van der Waals surface area contributed by atoms with Crippen LogP contribution >= 0.6 is 0 Å². The van der Waals surface area contributed by atoms with E-state index in [1.807, 2.05) is 36.1 Å². The third kappa shape index (κ3) is 2.53. The molecule has 4 nitrogen and oxygen atoms in total. The fourth-order valence-electron chi connectivity index (χ4n) is 3.52. The summed E-state index contributed by atoms with van der Waals surface area (Å²) in [6.45, 7) is 3.94. The molecule has 4 heteroatoms. The first-order valence-corrected chi connectivity index (χ1v) is 7.85. The van der Waals surface area contributed by atoms with Gasteiger partial charge < -0.3 is 14.7 Å². The molecule has 0 bridgehead atoms. The zero-order valence-electron chi connectivity index (χ0n) is 12.5. The van der Waals surface area contributed by atoms with Crippen LogP contribution in [0.1, 0.15) is 43.0 Å². The molecular weight excluding hydrogens is 266 g/mol. The van der Waals surface area contributed by atoms with Gasteiger partial charge in [0, 0.05) is 13.1 Å². The van der Waals surface area contributed by atoms with Crippen molar-refractivity contribution in [2.45, 2.75) is 38.7 Å². The van der Waals surface area contributed by atoms with Gasteiger partial charge in [-0.1, -0.05) is 12.1 Å². The third-order valence-electron chi connectivity index (χ3n) is 5.09. The molecule has 21 heavy (non-hydrogen) atoms. The molecule has 1 aromatic rings. The first-order chi connectivity index (χ1) is 10.2. The number of aliphatic hydroxyl groups excluding tert-OH is 1. The number of likely N-dealkylation sites (tertiary alicyclic amines) is 1. The summed E-state index contributed by atoms with van der Waals surface area (Å²) in [7, 11) is 0. The fourth-order valence-corrected chi connectivity index (χ4v) is 3.52. The van der Waals surface area contributed by atoms with E-state index in [4.69, 9.17) is 4.74 Å². The highest BCUT2D eigenvalue weighted by Gasteiger charge is 2.47. The molecule has 1 saturated heterocycles. The Bertz CT molecular complexity index is 521. The van der Waals surface area contributed by atoms with Crippen molar-refractivity contribution >= 4 is 5.91 Å². The molecule has 114 valence electrons. The largest absolute Gasteiger partial charge is 0.493 e. The number of hydrogen-bond donors (Lipinski definition) is 1. The minimum atomic E-state index is -0.162. The van der Waals surface area contributed by atoms with Gasteiger partial charge in [-0.2, -0.15) is 0 Å². The third-order valence-corrected chi connectivity index (χ3v) is 5.09. The van der Waals surface area contributed by atoms with Crippen LogP contribution in [0.15, 0.2) is 24.3 Å². The highest BCUT2D eigenvalue weighted by molar-refractivity contribution is 5.97. The molecular formula is C17H23NO3. The molecule has 1 unspecified atom stereocenters. The average Bonchev–Trinajstić information content (AvgIpc) is 2.54. The first kappa shape index (κ1) is 14.4. The molecule has 3 rings (SSSR count). The summed E-state index contributed by atoms with van der Waals surface area (Å²) < 4.78 is 5.55. The molecule has 1 aliphatic heterocycles. The Balaban J connectivity index is 1.69. The van der Waals surface area contributed by atoms with Crippen LogP contribution in [0, 0.1) is 5.41 Å². The summed E-state index contributed by atoms with van der Waals surface area (Å²) in [6, 6.07) is 7.43. The maximum atomic E-state index is 12.7. The van der Waals surface area contributed by atoms with E-state index in [9.17, 15) is 9.90 Å². The summed E-state index contributed by atoms with van der Waals surface area (Å²) in [5.41, 5.74) is 0.736. The monoisotopic (exact) mass is 289 g/mol. The molecule has 0 aromatic heterocycles. The Morgan fingerprint density at radius 3 is 2.62 bits per heavy atom. The van der Waals surface area contributed by atoms with Crippen LogP contribution in [0.4, 0.5) is 0 Å². The van der Waals surface area contributed by atoms with Crippen molar-refractivity contribution in [3.63, 3.8) is 0 Å². The minimum Gasteiger partial charge on any atom is -0.493 e. The number of ether oxygens (including phenoxy) is 1. The number of para-hydroxylation sites is 1. The van der Waals surface area contributed by atoms with E-state index in [0.29, 0.717) is 17.9 Å². The Morgan fingerprint density at radius 1 is 1.33 bits per heavy atom. The smallest absolute Gasteiger partial charge is 0.257 e. The van der Waals surface area contributed by atoms with Crippen LogP contribution in [0.5, 0.6) is 5.75 Å². The number of aliphatic hydroxyl groups is 1. The van der Waals surface area contributed by atoms with Gasteiger partial charge in [-0.15, -0.1) is 0 Å². The van der Waals surface area contributed by atoms with E-state index in [1.165, 1.54) is 0 Å². The van der Waals surface area contributed by atoms with Crippen molar-refractivity contribution in [1.82, 2.24) is 4.90 Å². The number of amides is 1. The lowest BCUT2D eigenvalue weighted by Crippen LogP contribution is -2.53. The predicted octanol–water partition coefficient (Wildman–Crippen LogP) is 2.46. The molecule has 1 saturated carbocycles. The van der Waals surface area contributed by atoms with Crippen LogP contribution in [-0.4, -0.2) is 41.7 Å². The van der Waals surface area contributed by atoms with Crippen LogP contribution < -0.4 is 4.74 Å². The first-order valence-electron chi connectivity index (χ1n) is 7.85. The van der Waals surface area contributed by atoms with E-state index >= 15 is 0 Å². The molecule has 1 N–H and O–H groups in total. The van der Waals surface area contributed by atoms with Crippen molar-refractivity contribution in [1.29, 1.82) is 0 Å². The topological polar surface area (TPSA) is 49.8 Å². The summed E-state index contributed by atoms with van der Waals surface area (Å²) >= 11 is 0. The van der Waals surface area contributed by atoms with Crippen molar-refractivity contribution in [3.05, 3.63) is 29.8 Å². The van der Waals surface area contributed by atoms with Crippen LogP contribution in [-0.2, 0) is 0 Å². The summed E-state index contributed by atoms with van der Waals surface area (Å²) in [5, 5.41) is 9.96. The molecule has 2 fully saturated rings. The average molecular weight is 289 g/mol. The second-order valence-corrected chi connectivity index (χ2v) is 6.14. The maximum absolute atomic E-state index is 12.7. The van der Waals surface area contributed by atoms with Crippen molar-refractivity contribution in [3.8, 4) is 5.75 Å². The Hall–Kier alpha value is -1.55. The lowest BCUT2D eigenvalue weighted by Gasteiger charge is -2.51. The molecule has 2 aliphatic rings. The van der Waals surface area contributed by atoms with Crippen LogP contribution in [0.3, 0.4) is 0 Å². The molecule has 0 radical (unpaired) electrons.